The van der Waals surface area contributed by atoms with Crippen molar-refractivity contribution in [3.63, 3.8) is 0 Å². The van der Waals surface area contributed by atoms with Crippen LogP contribution in [0.2, 0.25) is 0 Å². The highest BCUT2D eigenvalue weighted by atomic mass is 16.4. The molecule has 0 saturated heterocycles. The quantitative estimate of drug-likeness (QED) is 0.657. The van der Waals surface area contributed by atoms with Crippen LogP contribution in [0.3, 0.4) is 0 Å². The lowest BCUT2D eigenvalue weighted by Gasteiger charge is -2.27. The van der Waals surface area contributed by atoms with Crippen LogP contribution in [-0.2, 0) is 9.59 Å². The number of hydrogen-bond acceptors (Lipinski definition) is 3. The van der Waals surface area contributed by atoms with Crippen LogP contribution in [0.15, 0.2) is 0 Å². The van der Waals surface area contributed by atoms with E-state index in [1.165, 1.54) is 0 Å². The number of carbonyl (C=O) groups is 2. The number of amides is 1. The van der Waals surface area contributed by atoms with E-state index in [0.29, 0.717) is 13.1 Å². The average molecular weight is 258 g/mol. The van der Waals surface area contributed by atoms with Gasteiger partial charge < -0.3 is 10.4 Å². The van der Waals surface area contributed by atoms with Crippen molar-refractivity contribution in [2.75, 3.05) is 13.1 Å². The zero-order valence-electron chi connectivity index (χ0n) is 11.9. The molecule has 0 aliphatic carbocycles. The highest BCUT2D eigenvalue weighted by Crippen LogP contribution is 2.03. The fourth-order valence-corrected chi connectivity index (χ4v) is 1.90. The summed E-state index contributed by atoms with van der Waals surface area (Å²) in [4.78, 5) is 24.4. The fourth-order valence-electron chi connectivity index (χ4n) is 1.90. The van der Waals surface area contributed by atoms with E-state index in [1.807, 2.05) is 25.7 Å². The van der Waals surface area contributed by atoms with Crippen molar-refractivity contribution in [2.45, 2.75) is 59.0 Å². The van der Waals surface area contributed by atoms with Gasteiger partial charge in [0.2, 0.25) is 5.91 Å². The number of aliphatic carboxylic acids is 1. The molecular weight excluding hydrogens is 232 g/mol. The number of likely N-dealkylation sites (N-methyl/N-ethyl adjacent to an activating group) is 1. The SMILES string of the molecule is CCCC(C)NC(=O)C(C)N(CC)CCC(=O)O. The highest BCUT2D eigenvalue weighted by molar-refractivity contribution is 5.81. The molecule has 18 heavy (non-hydrogen) atoms. The molecule has 0 fully saturated rings. The number of hydrogen-bond donors (Lipinski definition) is 2. The smallest absolute Gasteiger partial charge is 0.304 e. The Morgan fingerprint density at radius 1 is 1.28 bits per heavy atom. The molecule has 0 aromatic carbocycles. The predicted molar refractivity (Wildman–Crippen MR) is 71.5 cm³/mol. The molecule has 0 bridgehead atoms. The third kappa shape index (κ3) is 6.59. The molecule has 0 aromatic rings. The zero-order valence-corrected chi connectivity index (χ0v) is 11.9. The van der Waals surface area contributed by atoms with Crippen molar-refractivity contribution in [3.8, 4) is 0 Å². The van der Waals surface area contributed by atoms with Crippen molar-refractivity contribution in [1.29, 1.82) is 0 Å². The third-order valence-electron chi connectivity index (χ3n) is 3.06. The van der Waals surface area contributed by atoms with E-state index in [1.54, 1.807) is 0 Å². The normalized spacial score (nSPS) is 14.3. The minimum atomic E-state index is -0.833. The van der Waals surface area contributed by atoms with Crippen LogP contribution in [0.5, 0.6) is 0 Å². The Morgan fingerprint density at radius 2 is 1.89 bits per heavy atom. The second-order valence-electron chi connectivity index (χ2n) is 4.65. The summed E-state index contributed by atoms with van der Waals surface area (Å²) >= 11 is 0. The van der Waals surface area contributed by atoms with Crippen LogP contribution in [0.4, 0.5) is 0 Å². The van der Waals surface area contributed by atoms with Gasteiger partial charge in [-0.05, 0) is 26.8 Å². The molecular formula is C13H26N2O3. The molecule has 0 spiro atoms. The van der Waals surface area contributed by atoms with Gasteiger partial charge in [-0.1, -0.05) is 20.3 Å². The first-order chi connectivity index (χ1) is 8.42. The first kappa shape index (κ1) is 16.9. The molecule has 0 radical (unpaired) electrons. The van der Waals surface area contributed by atoms with Crippen molar-refractivity contribution < 1.29 is 14.7 Å². The summed E-state index contributed by atoms with van der Waals surface area (Å²) in [7, 11) is 0. The van der Waals surface area contributed by atoms with Gasteiger partial charge in [0.05, 0.1) is 12.5 Å². The van der Waals surface area contributed by atoms with Gasteiger partial charge in [-0.25, -0.2) is 0 Å². The Labute approximate surface area is 110 Å². The van der Waals surface area contributed by atoms with Gasteiger partial charge in [0.15, 0.2) is 0 Å². The molecule has 0 aliphatic heterocycles. The lowest BCUT2D eigenvalue weighted by molar-refractivity contribution is -0.138. The second-order valence-corrected chi connectivity index (χ2v) is 4.65. The first-order valence-corrected chi connectivity index (χ1v) is 6.68. The highest BCUT2D eigenvalue weighted by Gasteiger charge is 2.21. The molecule has 5 nitrogen and oxygen atoms in total. The monoisotopic (exact) mass is 258 g/mol. The van der Waals surface area contributed by atoms with Crippen molar-refractivity contribution in [3.05, 3.63) is 0 Å². The Hall–Kier alpha value is -1.10. The maximum Gasteiger partial charge on any atom is 0.304 e. The van der Waals surface area contributed by atoms with Gasteiger partial charge in [-0.15, -0.1) is 0 Å². The molecule has 2 unspecified atom stereocenters. The van der Waals surface area contributed by atoms with Gasteiger partial charge in [-0.3, -0.25) is 14.5 Å². The minimum Gasteiger partial charge on any atom is -0.481 e. The van der Waals surface area contributed by atoms with Gasteiger partial charge in [0, 0.05) is 12.6 Å². The van der Waals surface area contributed by atoms with Crippen LogP contribution in [0, 0.1) is 0 Å². The molecule has 1 amide bonds. The van der Waals surface area contributed by atoms with Gasteiger partial charge >= 0.3 is 5.97 Å². The maximum absolute atomic E-state index is 12.0. The number of carbonyl (C=O) groups excluding carboxylic acids is 1. The fraction of sp³-hybridized carbons (Fsp3) is 0.846. The lowest BCUT2D eigenvalue weighted by atomic mass is 10.1. The molecule has 0 aromatic heterocycles. The summed E-state index contributed by atoms with van der Waals surface area (Å²) in [5, 5.41) is 11.6. The van der Waals surface area contributed by atoms with Crippen LogP contribution in [0.1, 0.15) is 47.0 Å². The minimum absolute atomic E-state index is 0.0248. The number of carboxylic acid groups (broad SMARTS) is 1. The van der Waals surface area contributed by atoms with Crippen LogP contribution in [0.25, 0.3) is 0 Å². The summed E-state index contributed by atoms with van der Waals surface area (Å²) in [6, 6.07) is -0.114. The Kier molecular flexibility index (Phi) is 8.37. The standard InChI is InChI=1S/C13H26N2O3/c1-5-7-10(3)14-13(18)11(4)15(6-2)9-8-12(16)17/h10-11H,5-9H2,1-4H3,(H,14,18)(H,16,17). The molecule has 2 atom stereocenters. The largest absolute Gasteiger partial charge is 0.481 e. The van der Waals surface area contributed by atoms with Crippen LogP contribution < -0.4 is 5.32 Å². The van der Waals surface area contributed by atoms with E-state index in [9.17, 15) is 9.59 Å². The number of nitrogens with zero attached hydrogens (tertiary/aromatic N) is 1. The summed E-state index contributed by atoms with van der Waals surface area (Å²) < 4.78 is 0. The molecule has 0 aliphatic rings. The van der Waals surface area contributed by atoms with Crippen molar-refractivity contribution >= 4 is 11.9 Å². The van der Waals surface area contributed by atoms with E-state index in [0.717, 1.165) is 12.8 Å². The molecule has 0 heterocycles. The Balaban J connectivity index is 4.26. The summed E-state index contributed by atoms with van der Waals surface area (Å²) in [6.07, 6.45) is 2.06. The Bertz CT molecular complexity index is 269. The lowest BCUT2D eigenvalue weighted by Crippen LogP contribution is -2.48. The second kappa shape index (κ2) is 8.91. The van der Waals surface area contributed by atoms with Gasteiger partial charge in [0.1, 0.15) is 0 Å². The number of rotatable bonds is 9. The topological polar surface area (TPSA) is 69.6 Å². The molecule has 0 saturated carbocycles. The summed E-state index contributed by atoms with van der Waals surface area (Å²) in [6.45, 7) is 8.89. The molecule has 0 rings (SSSR count). The van der Waals surface area contributed by atoms with Crippen LogP contribution >= 0.6 is 0 Å². The van der Waals surface area contributed by atoms with Gasteiger partial charge in [0.25, 0.3) is 0 Å². The first-order valence-electron chi connectivity index (χ1n) is 6.68. The predicted octanol–water partition coefficient (Wildman–Crippen LogP) is 1.48. The van der Waals surface area contributed by atoms with E-state index in [-0.39, 0.29) is 24.4 Å². The number of carboxylic acids is 1. The average Bonchev–Trinajstić information content (AvgIpc) is 2.29. The Morgan fingerprint density at radius 3 is 2.33 bits per heavy atom. The summed E-state index contributed by atoms with van der Waals surface area (Å²) in [5.74, 6) is -0.858. The van der Waals surface area contributed by atoms with Crippen molar-refractivity contribution in [1.82, 2.24) is 10.2 Å². The van der Waals surface area contributed by atoms with Gasteiger partial charge in [-0.2, -0.15) is 0 Å². The van der Waals surface area contributed by atoms with E-state index in [2.05, 4.69) is 12.2 Å². The van der Waals surface area contributed by atoms with E-state index < -0.39 is 5.97 Å². The van der Waals surface area contributed by atoms with E-state index in [4.69, 9.17) is 5.11 Å². The third-order valence-corrected chi connectivity index (χ3v) is 3.06. The molecule has 2 N–H and O–H groups in total. The summed E-state index contributed by atoms with van der Waals surface area (Å²) in [5.41, 5.74) is 0. The van der Waals surface area contributed by atoms with Crippen LogP contribution in [-0.4, -0.2) is 47.1 Å². The molecule has 106 valence electrons. The zero-order chi connectivity index (χ0) is 14.1. The maximum atomic E-state index is 12.0. The molecule has 5 heteroatoms. The van der Waals surface area contributed by atoms with Crippen molar-refractivity contribution in [2.24, 2.45) is 0 Å². The van der Waals surface area contributed by atoms with E-state index >= 15 is 0 Å². The number of nitrogens with one attached hydrogen (secondary N) is 1.